The van der Waals surface area contributed by atoms with Gasteiger partial charge in [-0.05, 0) is 42.5 Å². The summed E-state index contributed by atoms with van der Waals surface area (Å²) in [4.78, 5) is 22.6. The highest BCUT2D eigenvalue weighted by molar-refractivity contribution is 6.36. The second kappa shape index (κ2) is 7.86. The van der Waals surface area contributed by atoms with E-state index in [2.05, 4.69) is 5.32 Å². The molecule has 5 nitrogen and oxygen atoms in total. The normalized spacial score (nSPS) is 10.6. The molecule has 24 heavy (non-hydrogen) atoms. The van der Waals surface area contributed by atoms with Crippen LogP contribution in [0.4, 0.5) is 5.69 Å². The first-order valence-corrected chi connectivity index (χ1v) is 7.51. The number of carboxylic acids is 1. The Labute approximate surface area is 148 Å². The van der Waals surface area contributed by atoms with Crippen molar-refractivity contribution in [2.24, 2.45) is 0 Å². The number of carboxylic acid groups (broad SMARTS) is 1. The standard InChI is InChI=1S/C17H13Cl2NO4/c1-24-17(23)14-8-11(18)9-15(19)13(14)6-7-20-12-4-2-10(3-5-12)16(21)22/h2-9,20H,1H3,(H,21,22). The van der Waals surface area contributed by atoms with Gasteiger partial charge in [0.25, 0.3) is 0 Å². The molecule has 7 heteroatoms. The summed E-state index contributed by atoms with van der Waals surface area (Å²) in [5.74, 6) is -1.54. The molecule has 2 aromatic carbocycles. The zero-order chi connectivity index (χ0) is 17.7. The highest BCUT2D eigenvalue weighted by atomic mass is 35.5. The number of aromatic carboxylic acids is 1. The van der Waals surface area contributed by atoms with Gasteiger partial charge in [0.2, 0.25) is 0 Å². The van der Waals surface area contributed by atoms with E-state index in [1.54, 1.807) is 24.4 Å². The van der Waals surface area contributed by atoms with Gasteiger partial charge < -0.3 is 15.2 Å². The summed E-state index contributed by atoms with van der Waals surface area (Å²) < 4.78 is 4.72. The van der Waals surface area contributed by atoms with E-state index in [4.69, 9.17) is 33.0 Å². The van der Waals surface area contributed by atoms with Crippen LogP contribution in [0.5, 0.6) is 0 Å². The molecule has 0 bridgehead atoms. The van der Waals surface area contributed by atoms with Gasteiger partial charge in [-0.3, -0.25) is 0 Å². The van der Waals surface area contributed by atoms with Crippen molar-refractivity contribution in [2.45, 2.75) is 0 Å². The predicted molar refractivity (Wildman–Crippen MR) is 93.9 cm³/mol. The van der Waals surface area contributed by atoms with Crippen LogP contribution < -0.4 is 5.32 Å². The van der Waals surface area contributed by atoms with Crippen LogP contribution in [-0.4, -0.2) is 24.2 Å². The Morgan fingerprint density at radius 2 is 1.83 bits per heavy atom. The zero-order valence-electron chi connectivity index (χ0n) is 12.5. The SMILES string of the molecule is COC(=O)c1cc(Cl)cc(Cl)c1C=CNc1ccc(C(=O)O)cc1. The highest BCUT2D eigenvalue weighted by Crippen LogP contribution is 2.27. The van der Waals surface area contributed by atoms with E-state index in [1.807, 2.05) is 0 Å². The summed E-state index contributed by atoms with van der Waals surface area (Å²) in [6.45, 7) is 0. The van der Waals surface area contributed by atoms with Gasteiger partial charge in [0, 0.05) is 22.5 Å². The largest absolute Gasteiger partial charge is 0.478 e. The van der Waals surface area contributed by atoms with Crippen molar-refractivity contribution in [1.82, 2.24) is 0 Å². The number of benzene rings is 2. The fourth-order valence-electron chi connectivity index (χ4n) is 1.96. The van der Waals surface area contributed by atoms with E-state index < -0.39 is 11.9 Å². The molecule has 0 unspecified atom stereocenters. The Bertz CT molecular complexity index is 801. The lowest BCUT2D eigenvalue weighted by Crippen LogP contribution is -2.04. The van der Waals surface area contributed by atoms with Crippen molar-refractivity contribution < 1.29 is 19.4 Å². The van der Waals surface area contributed by atoms with Crippen LogP contribution >= 0.6 is 23.2 Å². The first kappa shape index (κ1) is 17.8. The lowest BCUT2D eigenvalue weighted by atomic mass is 10.1. The molecule has 0 aliphatic heterocycles. The summed E-state index contributed by atoms with van der Waals surface area (Å²) >= 11 is 12.1. The molecule has 0 aliphatic rings. The molecule has 0 saturated carbocycles. The van der Waals surface area contributed by atoms with Crippen LogP contribution in [0, 0.1) is 0 Å². The minimum atomic E-state index is -0.993. The summed E-state index contributed by atoms with van der Waals surface area (Å²) in [7, 11) is 1.27. The molecule has 124 valence electrons. The number of carbonyl (C=O) groups excluding carboxylic acids is 1. The number of halogens is 2. The van der Waals surface area contributed by atoms with Crippen molar-refractivity contribution in [1.29, 1.82) is 0 Å². The minimum Gasteiger partial charge on any atom is -0.478 e. The number of ether oxygens (including phenoxy) is 1. The maximum absolute atomic E-state index is 11.8. The van der Waals surface area contributed by atoms with Gasteiger partial charge in [0.05, 0.1) is 23.3 Å². The quantitative estimate of drug-likeness (QED) is 0.759. The lowest BCUT2D eigenvalue weighted by Gasteiger charge is -2.08. The van der Waals surface area contributed by atoms with Crippen LogP contribution in [0.3, 0.4) is 0 Å². The molecule has 2 N–H and O–H groups in total. The van der Waals surface area contributed by atoms with Crippen molar-refractivity contribution >= 4 is 46.9 Å². The molecular weight excluding hydrogens is 353 g/mol. The van der Waals surface area contributed by atoms with Crippen LogP contribution in [0.25, 0.3) is 6.08 Å². The molecule has 0 radical (unpaired) electrons. The molecule has 0 atom stereocenters. The Kier molecular flexibility index (Phi) is 5.84. The van der Waals surface area contributed by atoms with Crippen molar-refractivity contribution in [2.75, 3.05) is 12.4 Å². The van der Waals surface area contributed by atoms with Gasteiger partial charge in [0.1, 0.15) is 0 Å². The number of anilines is 1. The van der Waals surface area contributed by atoms with Gasteiger partial charge in [-0.25, -0.2) is 9.59 Å². The molecule has 0 saturated heterocycles. The van der Waals surface area contributed by atoms with Gasteiger partial charge in [0.15, 0.2) is 0 Å². The second-order valence-electron chi connectivity index (χ2n) is 4.70. The second-order valence-corrected chi connectivity index (χ2v) is 5.54. The summed E-state index contributed by atoms with van der Waals surface area (Å²) in [5.41, 5.74) is 1.58. The monoisotopic (exact) mass is 365 g/mol. The summed E-state index contributed by atoms with van der Waals surface area (Å²) in [6, 6.07) is 9.20. The van der Waals surface area contributed by atoms with Gasteiger partial charge in [-0.2, -0.15) is 0 Å². The van der Waals surface area contributed by atoms with E-state index in [9.17, 15) is 9.59 Å². The van der Waals surface area contributed by atoms with E-state index >= 15 is 0 Å². The first-order chi connectivity index (χ1) is 11.4. The molecule has 0 fully saturated rings. The number of carbonyl (C=O) groups is 2. The van der Waals surface area contributed by atoms with E-state index in [1.165, 1.54) is 31.4 Å². The third-order valence-electron chi connectivity index (χ3n) is 3.13. The molecule has 0 aliphatic carbocycles. The smallest absolute Gasteiger partial charge is 0.338 e. The molecular formula is C17H13Cl2NO4. The minimum absolute atomic E-state index is 0.193. The summed E-state index contributed by atoms with van der Waals surface area (Å²) in [5, 5.41) is 12.5. The van der Waals surface area contributed by atoms with Gasteiger partial charge in [-0.1, -0.05) is 23.2 Å². The number of nitrogens with one attached hydrogen (secondary N) is 1. The van der Waals surface area contributed by atoms with E-state index in [0.717, 1.165) is 0 Å². The molecule has 2 rings (SSSR count). The first-order valence-electron chi connectivity index (χ1n) is 6.76. The molecule has 0 amide bonds. The van der Waals surface area contributed by atoms with Crippen molar-refractivity contribution in [3.05, 3.63) is 69.3 Å². The van der Waals surface area contributed by atoms with Gasteiger partial charge in [-0.15, -0.1) is 0 Å². The average molecular weight is 366 g/mol. The number of esters is 1. The fourth-order valence-corrected chi connectivity index (χ4v) is 2.52. The maximum atomic E-state index is 11.8. The average Bonchev–Trinajstić information content (AvgIpc) is 2.56. The van der Waals surface area contributed by atoms with Crippen molar-refractivity contribution in [3.8, 4) is 0 Å². The van der Waals surface area contributed by atoms with E-state index in [0.29, 0.717) is 21.3 Å². The fraction of sp³-hybridized carbons (Fsp3) is 0.0588. The zero-order valence-corrected chi connectivity index (χ0v) is 14.1. The molecule has 2 aromatic rings. The number of methoxy groups -OCH3 is 1. The summed E-state index contributed by atoms with van der Waals surface area (Å²) in [6.07, 6.45) is 3.19. The number of rotatable bonds is 5. The van der Waals surface area contributed by atoms with Crippen LogP contribution in [0.2, 0.25) is 10.0 Å². The Hall–Kier alpha value is -2.50. The third-order valence-corrected chi connectivity index (χ3v) is 3.66. The molecule has 0 spiro atoms. The van der Waals surface area contributed by atoms with Crippen molar-refractivity contribution in [3.63, 3.8) is 0 Å². The van der Waals surface area contributed by atoms with Crippen LogP contribution in [0.15, 0.2) is 42.6 Å². The van der Waals surface area contributed by atoms with Crippen LogP contribution in [-0.2, 0) is 4.74 Å². The number of hydrogen-bond acceptors (Lipinski definition) is 4. The Morgan fingerprint density at radius 3 is 2.42 bits per heavy atom. The topological polar surface area (TPSA) is 75.6 Å². The maximum Gasteiger partial charge on any atom is 0.338 e. The Balaban J connectivity index is 2.22. The molecule has 0 aromatic heterocycles. The Morgan fingerprint density at radius 1 is 1.17 bits per heavy atom. The highest BCUT2D eigenvalue weighted by Gasteiger charge is 2.14. The lowest BCUT2D eigenvalue weighted by molar-refractivity contribution is 0.0599. The number of hydrogen-bond donors (Lipinski definition) is 2. The van der Waals surface area contributed by atoms with E-state index in [-0.39, 0.29) is 11.1 Å². The van der Waals surface area contributed by atoms with Crippen LogP contribution in [0.1, 0.15) is 26.3 Å². The third kappa shape index (κ3) is 4.28. The predicted octanol–water partition coefficient (Wildman–Crippen LogP) is 4.56. The van der Waals surface area contributed by atoms with Gasteiger partial charge >= 0.3 is 11.9 Å². The molecule has 0 heterocycles.